The first kappa shape index (κ1) is 22.4. The van der Waals surface area contributed by atoms with E-state index in [1.807, 2.05) is 24.3 Å². The van der Waals surface area contributed by atoms with Crippen molar-refractivity contribution in [2.75, 3.05) is 20.7 Å². The van der Waals surface area contributed by atoms with Gasteiger partial charge in [0.25, 0.3) is 0 Å². The van der Waals surface area contributed by atoms with Crippen LogP contribution in [0, 0.1) is 0 Å². The average Bonchev–Trinajstić information content (AvgIpc) is 2.51. The van der Waals surface area contributed by atoms with Gasteiger partial charge in [0.2, 0.25) is 5.91 Å². The minimum Gasteiger partial charge on any atom is -0.469 e. The number of esters is 1. The Balaban J connectivity index is 0.00000529. The summed E-state index contributed by atoms with van der Waals surface area (Å²) < 4.78 is 4.74. The van der Waals surface area contributed by atoms with Gasteiger partial charge in [0.15, 0.2) is 0 Å². The van der Waals surface area contributed by atoms with Gasteiger partial charge in [0, 0.05) is 13.0 Å². The molecular weight excluding hydrogens is 328 g/mol. The predicted octanol–water partition coefficient (Wildman–Crippen LogP) is 2.74. The third-order valence-electron chi connectivity index (χ3n) is 3.71. The minimum atomic E-state index is -0.374. The number of carbonyl (C=O) groups is 2. The van der Waals surface area contributed by atoms with Crippen LogP contribution in [0.25, 0.3) is 0 Å². The lowest BCUT2D eigenvalue weighted by molar-refractivity contribution is -0.141. The lowest BCUT2D eigenvalue weighted by Gasteiger charge is -2.22. The number of amides is 1. The number of methoxy groups -OCH3 is 1. The molecule has 0 spiro atoms. The average molecular weight is 357 g/mol. The van der Waals surface area contributed by atoms with Crippen LogP contribution in [0.1, 0.15) is 50.8 Å². The molecule has 1 unspecified atom stereocenters. The van der Waals surface area contributed by atoms with Crippen LogP contribution in [0.4, 0.5) is 0 Å². The maximum Gasteiger partial charge on any atom is 0.307 e. The van der Waals surface area contributed by atoms with Gasteiger partial charge in [-0.05, 0) is 23.6 Å². The van der Waals surface area contributed by atoms with Crippen LogP contribution in [0.3, 0.4) is 0 Å². The van der Waals surface area contributed by atoms with Crippen molar-refractivity contribution >= 4 is 24.3 Å². The minimum absolute atomic E-state index is 0. The van der Waals surface area contributed by atoms with Crippen molar-refractivity contribution in [1.29, 1.82) is 0 Å². The lowest BCUT2D eigenvalue weighted by atomic mass is 9.86. The number of rotatable bonds is 7. The summed E-state index contributed by atoms with van der Waals surface area (Å²) in [5.41, 5.74) is 2.17. The van der Waals surface area contributed by atoms with Crippen molar-refractivity contribution < 1.29 is 14.3 Å². The van der Waals surface area contributed by atoms with Crippen LogP contribution in [-0.4, -0.2) is 32.6 Å². The van der Waals surface area contributed by atoms with Crippen molar-refractivity contribution in [2.45, 2.75) is 45.1 Å². The van der Waals surface area contributed by atoms with Gasteiger partial charge < -0.3 is 15.4 Å². The van der Waals surface area contributed by atoms with E-state index in [1.54, 1.807) is 7.05 Å². The Morgan fingerprint density at radius 1 is 1.17 bits per heavy atom. The molecule has 0 radical (unpaired) electrons. The Bertz CT molecular complexity index is 524. The standard InChI is InChI=1S/C18H28N2O3.ClH/c1-18(2,3)14-8-6-13(7-9-14)15(12-17(22)23-5)20-16(21)10-11-19-4;/h6-9,15,19H,10-12H2,1-5H3,(H,20,21);1H. The fraction of sp³-hybridized carbons (Fsp3) is 0.556. The summed E-state index contributed by atoms with van der Waals surface area (Å²) in [7, 11) is 3.15. The molecule has 0 fully saturated rings. The summed E-state index contributed by atoms with van der Waals surface area (Å²) in [4.78, 5) is 23.6. The molecule has 2 N–H and O–H groups in total. The third-order valence-corrected chi connectivity index (χ3v) is 3.71. The highest BCUT2D eigenvalue weighted by molar-refractivity contribution is 5.85. The van der Waals surface area contributed by atoms with Crippen molar-refractivity contribution in [3.8, 4) is 0 Å². The monoisotopic (exact) mass is 356 g/mol. The second-order valence-electron chi connectivity index (χ2n) is 6.63. The highest BCUT2D eigenvalue weighted by Gasteiger charge is 2.20. The van der Waals surface area contributed by atoms with E-state index in [1.165, 1.54) is 12.7 Å². The molecule has 0 aliphatic heterocycles. The van der Waals surface area contributed by atoms with Gasteiger partial charge in [-0.2, -0.15) is 0 Å². The third kappa shape index (κ3) is 7.32. The van der Waals surface area contributed by atoms with Crippen LogP contribution in [0.2, 0.25) is 0 Å². The molecule has 0 aliphatic rings. The van der Waals surface area contributed by atoms with E-state index >= 15 is 0 Å². The molecule has 0 heterocycles. The van der Waals surface area contributed by atoms with E-state index in [2.05, 4.69) is 31.4 Å². The van der Waals surface area contributed by atoms with E-state index in [0.29, 0.717) is 13.0 Å². The molecule has 0 saturated carbocycles. The van der Waals surface area contributed by atoms with E-state index in [0.717, 1.165) is 5.56 Å². The van der Waals surface area contributed by atoms with Crippen molar-refractivity contribution in [1.82, 2.24) is 10.6 Å². The number of carbonyl (C=O) groups excluding carboxylic acids is 2. The molecule has 1 atom stereocenters. The Hall–Kier alpha value is -1.59. The van der Waals surface area contributed by atoms with Crippen LogP contribution < -0.4 is 10.6 Å². The van der Waals surface area contributed by atoms with Crippen molar-refractivity contribution in [3.05, 3.63) is 35.4 Å². The fourth-order valence-electron chi connectivity index (χ4n) is 2.22. The van der Waals surface area contributed by atoms with Gasteiger partial charge in [-0.25, -0.2) is 0 Å². The van der Waals surface area contributed by atoms with Gasteiger partial charge in [-0.15, -0.1) is 12.4 Å². The second kappa shape index (κ2) is 10.3. The Morgan fingerprint density at radius 2 is 1.75 bits per heavy atom. The van der Waals surface area contributed by atoms with Crippen molar-refractivity contribution in [2.24, 2.45) is 0 Å². The largest absolute Gasteiger partial charge is 0.469 e. The number of hydrogen-bond donors (Lipinski definition) is 2. The van der Waals surface area contributed by atoms with Crippen LogP contribution in [-0.2, 0) is 19.7 Å². The Kier molecular flexibility index (Phi) is 9.63. The fourth-order valence-corrected chi connectivity index (χ4v) is 2.22. The SMILES string of the molecule is CNCCC(=O)NC(CC(=O)OC)c1ccc(C(C)(C)C)cc1.Cl. The summed E-state index contributed by atoms with van der Waals surface area (Å²) in [6.07, 6.45) is 0.491. The van der Waals surface area contributed by atoms with E-state index < -0.39 is 0 Å². The maximum atomic E-state index is 12.0. The zero-order valence-electron chi connectivity index (χ0n) is 15.1. The van der Waals surface area contributed by atoms with Crippen LogP contribution in [0.15, 0.2) is 24.3 Å². The van der Waals surface area contributed by atoms with Crippen LogP contribution in [0.5, 0.6) is 0 Å². The zero-order chi connectivity index (χ0) is 17.5. The highest BCUT2D eigenvalue weighted by Crippen LogP contribution is 2.25. The second-order valence-corrected chi connectivity index (χ2v) is 6.63. The zero-order valence-corrected chi connectivity index (χ0v) is 16.0. The molecule has 1 rings (SSSR count). The molecule has 6 heteroatoms. The molecule has 0 aliphatic carbocycles. The molecule has 1 amide bonds. The lowest BCUT2D eigenvalue weighted by Crippen LogP contribution is -2.32. The summed E-state index contributed by atoms with van der Waals surface area (Å²) in [6, 6.07) is 7.64. The van der Waals surface area contributed by atoms with Gasteiger partial charge in [0.1, 0.15) is 0 Å². The first-order valence-electron chi connectivity index (χ1n) is 7.89. The highest BCUT2D eigenvalue weighted by atomic mass is 35.5. The molecule has 0 saturated heterocycles. The van der Waals surface area contributed by atoms with Gasteiger partial charge >= 0.3 is 5.97 Å². The topological polar surface area (TPSA) is 67.4 Å². The molecule has 136 valence electrons. The van der Waals surface area contributed by atoms with Gasteiger partial charge in [0.05, 0.1) is 19.6 Å². The number of hydrogen-bond acceptors (Lipinski definition) is 4. The first-order valence-corrected chi connectivity index (χ1v) is 7.89. The molecule has 5 nitrogen and oxygen atoms in total. The van der Waals surface area contributed by atoms with Gasteiger partial charge in [-0.1, -0.05) is 45.0 Å². The number of nitrogens with one attached hydrogen (secondary N) is 2. The van der Waals surface area contributed by atoms with E-state index in [9.17, 15) is 9.59 Å². The quantitative estimate of drug-likeness (QED) is 0.737. The van der Waals surface area contributed by atoms with E-state index in [-0.39, 0.29) is 42.2 Å². The van der Waals surface area contributed by atoms with Crippen LogP contribution >= 0.6 is 12.4 Å². The number of ether oxygens (including phenoxy) is 1. The molecular formula is C18H29ClN2O3. The number of benzene rings is 1. The predicted molar refractivity (Wildman–Crippen MR) is 98.5 cm³/mol. The smallest absolute Gasteiger partial charge is 0.307 e. The Morgan fingerprint density at radius 3 is 2.21 bits per heavy atom. The molecule has 1 aromatic rings. The molecule has 0 bridgehead atoms. The molecule has 1 aromatic carbocycles. The number of halogens is 1. The van der Waals surface area contributed by atoms with Crippen molar-refractivity contribution in [3.63, 3.8) is 0 Å². The summed E-state index contributed by atoms with van der Waals surface area (Å²) in [5.74, 6) is -0.433. The first-order chi connectivity index (χ1) is 10.8. The summed E-state index contributed by atoms with van der Waals surface area (Å²) >= 11 is 0. The van der Waals surface area contributed by atoms with Gasteiger partial charge in [-0.3, -0.25) is 9.59 Å². The Labute approximate surface area is 151 Å². The normalized spacial score (nSPS) is 12.0. The summed E-state index contributed by atoms with van der Waals surface area (Å²) in [5, 5.41) is 5.85. The molecule has 0 aromatic heterocycles. The maximum absolute atomic E-state index is 12.0. The molecule has 24 heavy (non-hydrogen) atoms. The van der Waals surface area contributed by atoms with E-state index in [4.69, 9.17) is 4.74 Å². The summed E-state index contributed by atoms with van der Waals surface area (Å²) in [6.45, 7) is 7.04.